The Morgan fingerprint density at radius 2 is 1.95 bits per heavy atom. The molecule has 6 unspecified atom stereocenters. The van der Waals surface area contributed by atoms with Crippen LogP contribution >= 0.6 is 0 Å². The molecular formula is C17H34N4O. The highest BCUT2D eigenvalue weighted by atomic mass is 16.5. The van der Waals surface area contributed by atoms with E-state index in [0.717, 1.165) is 12.5 Å². The molecule has 0 bridgehead atoms. The van der Waals surface area contributed by atoms with E-state index < -0.39 is 0 Å². The molecular weight excluding hydrogens is 276 g/mol. The summed E-state index contributed by atoms with van der Waals surface area (Å²) in [5.41, 5.74) is 6.32. The maximum absolute atomic E-state index is 6.32. The summed E-state index contributed by atoms with van der Waals surface area (Å²) >= 11 is 0. The first-order valence-corrected chi connectivity index (χ1v) is 9.30. The van der Waals surface area contributed by atoms with Gasteiger partial charge in [-0.05, 0) is 44.6 Å². The summed E-state index contributed by atoms with van der Waals surface area (Å²) in [6.07, 6.45) is 12.4. The van der Waals surface area contributed by atoms with Crippen molar-refractivity contribution >= 4 is 0 Å². The number of hydrogen-bond donors (Lipinski definition) is 4. The third kappa shape index (κ3) is 4.20. The number of nitrogens with two attached hydrogens (primary N) is 1. The molecule has 0 spiro atoms. The van der Waals surface area contributed by atoms with Gasteiger partial charge in [0.2, 0.25) is 0 Å². The van der Waals surface area contributed by atoms with Crippen molar-refractivity contribution in [2.75, 3.05) is 13.7 Å². The first-order valence-electron chi connectivity index (χ1n) is 9.30. The highest BCUT2D eigenvalue weighted by molar-refractivity contribution is 4.92. The molecule has 5 N–H and O–H groups in total. The van der Waals surface area contributed by atoms with E-state index in [2.05, 4.69) is 16.0 Å². The van der Waals surface area contributed by atoms with Gasteiger partial charge < -0.3 is 10.5 Å². The van der Waals surface area contributed by atoms with E-state index in [0.29, 0.717) is 18.1 Å². The predicted octanol–water partition coefficient (Wildman–Crippen LogP) is 1.49. The van der Waals surface area contributed by atoms with Gasteiger partial charge in [0, 0.05) is 19.1 Å². The topological polar surface area (TPSA) is 71.3 Å². The molecule has 1 heterocycles. The number of methoxy groups -OCH3 is 1. The molecule has 1 saturated heterocycles. The Hall–Kier alpha value is -0.200. The molecule has 0 aromatic carbocycles. The van der Waals surface area contributed by atoms with Gasteiger partial charge in [0.15, 0.2) is 0 Å². The lowest BCUT2D eigenvalue weighted by molar-refractivity contribution is 0.0480. The van der Waals surface area contributed by atoms with Crippen LogP contribution in [0.25, 0.3) is 0 Å². The Labute approximate surface area is 135 Å². The molecule has 2 aliphatic carbocycles. The first kappa shape index (κ1) is 16.7. The van der Waals surface area contributed by atoms with Crippen LogP contribution in [0, 0.1) is 11.8 Å². The lowest BCUT2D eigenvalue weighted by Crippen LogP contribution is -2.70. The summed E-state index contributed by atoms with van der Waals surface area (Å²) in [5, 5.41) is 10.8. The molecule has 6 atom stereocenters. The van der Waals surface area contributed by atoms with Crippen LogP contribution in [0.15, 0.2) is 0 Å². The van der Waals surface area contributed by atoms with Crippen molar-refractivity contribution in [1.29, 1.82) is 0 Å². The van der Waals surface area contributed by atoms with Crippen LogP contribution in [0.1, 0.15) is 57.8 Å². The van der Waals surface area contributed by atoms with Crippen LogP contribution < -0.4 is 21.7 Å². The second kappa shape index (κ2) is 8.06. The molecule has 5 nitrogen and oxygen atoms in total. The van der Waals surface area contributed by atoms with Gasteiger partial charge in [-0.15, -0.1) is 0 Å². The van der Waals surface area contributed by atoms with E-state index in [4.69, 9.17) is 10.5 Å². The van der Waals surface area contributed by atoms with Crippen LogP contribution in [0.4, 0.5) is 0 Å². The molecule has 128 valence electrons. The lowest BCUT2D eigenvalue weighted by Gasteiger charge is -2.45. The minimum Gasteiger partial charge on any atom is -0.381 e. The Balaban J connectivity index is 1.38. The van der Waals surface area contributed by atoms with Gasteiger partial charge in [-0.3, -0.25) is 16.0 Å². The fourth-order valence-electron chi connectivity index (χ4n) is 4.64. The van der Waals surface area contributed by atoms with Crippen LogP contribution in [0.5, 0.6) is 0 Å². The molecule has 3 fully saturated rings. The van der Waals surface area contributed by atoms with Crippen molar-refractivity contribution in [1.82, 2.24) is 16.0 Å². The molecule has 0 amide bonds. The molecule has 22 heavy (non-hydrogen) atoms. The number of ether oxygens (including phenoxy) is 1. The number of hydrogen-bond acceptors (Lipinski definition) is 5. The molecule has 3 aliphatic rings. The monoisotopic (exact) mass is 310 g/mol. The quantitative estimate of drug-likeness (QED) is 0.619. The molecule has 3 rings (SSSR count). The summed E-state index contributed by atoms with van der Waals surface area (Å²) < 4.78 is 5.53. The summed E-state index contributed by atoms with van der Waals surface area (Å²) in [6.45, 7) is 1.05. The van der Waals surface area contributed by atoms with Crippen molar-refractivity contribution in [2.45, 2.75) is 82.4 Å². The molecule has 0 radical (unpaired) electrons. The van der Waals surface area contributed by atoms with Crippen LogP contribution in [-0.4, -0.2) is 38.3 Å². The fraction of sp³-hybridized carbons (Fsp3) is 1.00. The standard InChI is InChI=1S/C17H34N4O/c1-22-13-6-4-5-12(11-13)9-10-19-17-20-15-8-3-2-7-14(15)16(18)21-17/h12-17,19-21H,2-11,18H2,1H3. The van der Waals surface area contributed by atoms with Gasteiger partial charge in [0.05, 0.1) is 12.3 Å². The van der Waals surface area contributed by atoms with Crippen molar-refractivity contribution < 1.29 is 4.74 Å². The Morgan fingerprint density at radius 1 is 1.09 bits per heavy atom. The Kier molecular flexibility index (Phi) is 6.10. The summed E-state index contributed by atoms with van der Waals surface area (Å²) in [7, 11) is 1.85. The van der Waals surface area contributed by atoms with Gasteiger partial charge in [-0.1, -0.05) is 25.7 Å². The van der Waals surface area contributed by atoms with E-state index in [1.54, 1.807) is 0 Å². The largest absolute Gasteiger partial charge is 0.381 e. The van der Waals surface area contributed by atoms with Crippen molar-refractivity contribution in [3.63, 3.8) is 0 Å². The fourth-order valence-corrected chi connectivity index (χ4v) is 4.64. The zero-order chi connectivity index (χ0) is 15.4. The SMILES string of the molecule is COC1CCCC(CCNC2NC(N)C3CCCCC3N2)C1. The number of rotatable bonds is 5. The number of fused-ring (bicyclic) bond motifs is 1. The van der Waals surface area contributed by atoms with Gasteiger partial charge in [-0.25, -0.2) is 0 Å². The van der Waals surface area contributed by atoms with Gasteiger partial charge in [-0.2, -0.15) is 0 Å². The first-order chi connectivity index (χ1) is 10.8. The predicted molar refractivity (Wildman–Crippen MR) is 89.2 cm³/mol. The molecule has 0 aromatic heterocycles. The van der Waals surface area contributed by atoms with Gasteiger partial charge in [0.25, 0.3) is 0 Å². The van der Waals surface area contributed by atoms with E-state index in [-0.39, 0.29) is 12.5 Å². The van der Waals surface area contributed by atoms with Crippen LogP contribution in [-0.2, 0) is 4.74 Å². The van der Waals surface area contributed by atoms with Crippen molar-refractivity contribution in [3.8, 4) is 0 Å². The zero-order valence-electron chi connectivity index (χ0n) is 14.0. The maximum Gasteiger partial charge on any atom is 0.113 e. The highest BCUT2D eigenvalue weighted by Crippen LogP contribution is 2.29. The van der Waals surface area contributed by atoms with Crippen LogP contribution in [0.2, 0.25) is 0 Å². The Morgan fingerprint density at radius 3 is 2.82 bits per heavy atom. The Bertz CT molecular complexity index is 341. The van der Waals surface area contributed by atoms with Crippen molar-refractivity contribution in [3.05, 3.63) is 0 Å². The molecule has 0 aromatic rings. The van der Waals surface area contributed by atoms with E-state index >= 15 is 0 Å². The zero-order valence-corrected chi connectivity index (χ0v) is 14.0. The normalized spacial score (nSPS) is 42.8. The average Bonchev–Trinajstić information content (AvgIpc) is 2.55. The third-order valence-electron chi connectivity index (χ3n) is 5.99. The molecule has 2 saturated carbocycles. The third-order valence-corrected chi connectivity index (χ3v) is 5.99. The second-order valence-corrected chi connectivity index (χ2v) is 7.48. The van der Waals surface area contributed by atoms with Gasteiger partial charge in [0.1, 0.15) is 6.29 Å². The average molecular weight is 310 g/mol. The lowest BCUT2D eigenvalue weighted by atomic mass is 9.81. The summed E-state index contributed by atoms with van der Waals surface area (Å²) in [5.74, 6) is 1.42. The maximum atomic E-state index is 6.32. The molecule has 5 heteroatoms. The minimum absolute atomic E-state index is 0.136. The second-order valence-electron chi connectivity index (χ2n) is 7.48. The van der Waals surface area contributed by atoms with Crippen molar-refractivity contribution in [2.24, 2.45) is 17.6 Å². The highest BCUT2D eigenvalue weighted by Gasteiger charge is 2.36. The number of nitrogens with one attached hydrogen (secondary N) is 3. The van der Waals surface area contributed by atoms with Crippen LogP contribution in [0.3, 0.4) is 0 Å². The minimum atomic E-state index is 0.136. The van der Waals surface area contributed by atoms with E-state index in [9.17, 15) is 0 Å². The summed E-state index contributed by atoms with van der Waals surface area (Å²) in [4.78, 5) is 0. The van der Waals surface area contributed by atoms with E-state index in [1.807, 2.05) is 7.11 Å². The smallest absolute Gasteiger partial charge is 0.113 e. The summed E-state index contributed by atoms with van der Waals surface area (Å²) in [6, 6.07) is 0.593. The van der Waals surface area contributed by atoms with Gasteiger partial charge >= 0.3 is 0 Å². The van der Waals surface area contributed by atoms with E-state index in [1.165, 1.54) is 57.8 Å². The molecule has 1 aliphatic heterocycles.